The van der Waals surface area contributed by atoms with E-state index in [1.54, 1.807) is 28.3 Å². The van der Waals surface area contributed by atoms with E-state index >= 15 is 0 Å². The monoisotopic (exact) mass is 428 g/mol. The number of nitrogens with two attached hydrogens (primary N) is 1. The number of thiazole rings is 1. The molecule has 0 spiro atoms. The average molecular weight is 429 g/mol. The molecule has 4 aromatic heterocycles. The molecule has 0 atom stereocenters. The highest BCUT2D eigenvalue weighted by Crippen LogP contribution is 2.35. The van der Waals surface area contributed by atoms with Crippen LogP contribution in [0.1, 0.15) is 11.4 Å². The van der Waals surface area contributed by atoms with Gasteiger partial charge >= 0.3 is 0 Å². The summed E-state index contributed by atoms with van der Waals surface area (Å²) in [5.74, 6) is 0.647. The lowest BCUT2D eigenvalue weighted by Crippen LogP contribution is -2.04. The lowest BCUT2D eigenvalue weighted by atomic mass is 10.0. The van der Waals surface area contributed by atoms with Crippen molar-refractivity contribution in [3.8, 4) is 27.6 Å². The lowest BCUT2D eigenvalue weighted by Gasteiger charge is -2.09. The van der Waals surface area contributed by atoms with Crippen molar-refractivity contribution < 1.29 is 5.11 Å². The van der Waals surface area contributed by atoms with E-state index in [1.165, 1.54) is 0 Å². The summed E-state index contributed by atoms with van der Waals surface area (Å²) < 4.78 is 1.79. The van der Waals surface area contributed by atoms with Crippen LogP contribution in [-0.4, -0.2) is 36.4 Å². The molecule has 4 heterocycles. The molecule has 7 nitrogen and oxygen atoms in total. The van der Waals surface area contributed by atoms with Gasteiger partial charge in [-0.25, -0.2) is 14.6 Å². The van der Waals surface area contributed by atoms with Gasteiger partial charge in [-0.1, -0.05) is 12.1 Å². The molecule has 8 heteroatoms. The molecule has 0 bridgehead atoms. The number of nitrogens with zero attached hydrogens (tertiary/aromatic N) is 5. The Bertz CT molecular complexity index is 1350. The highest BCUT2D eigenvalue weighted by atomic mass is 32.1. The predicted molar refractivity (Wildman–Crippen MR) is 122 cm³/mol. The molecule has 5 rings (SSSR count). The maximum absolute atomic E-state index is 9.49. The first-order valence-electron chi connectivity index (χ1n) is 9.92. The van der Waals surface area contributed by atoms with E-state index in [0.29, 0.717) is 18.1 Å². The van der Waals surface area contributed by atoms with Gasteiger partial charge < -0.3 is 10.8 Å². The van der Waals surface area contributed by atoms with Crippen molar-refractivity contribution in [2.45, 2.75) is 13.0 Å². The van der Waals surface area contributed by atoms with Gasteiger partial charge in [0.2, 0.25) is 0 Å². The molecule has 0 aliphatic heterocycles. The van der Waals surface area contributed by atoms with Crippen LogP contribution in [0.15, 0.2) is 66.3 Å². The standard InChI is InChI=1S/C23H20N6OS/c24-8-7-16-3-1-5-20(27-16)15-11-18(23-25-9-10-31-23)19-13-26-29(21(19)12-15)22-6-2-4-17(14-30)28-22/h1-6,9-13,30H,7-8,14,24H2. The van der Waals surface area contributed by atoms with E-state index in [-0.39, 0.29) is 6.61 Å². The average Bonchev–Trinajstić information content (AvgIpc) is 3.49. The molecule has 5 aromatic rings. The molecule has 31 heavy (non-hydrogen) atoms. The number of hydrogen-bond acceptors (Lipinski definition) is 7. The largest absolute Gasteiger partial charge is 0.390 e. The highest BCUT2D eigenvalue weighted by Gasteiger charge is 2.16. The molecule has 3 N–H and O–H groups in total. The Hall–Kier alpha value is -3.46. The van der Waals surface area contributed by atoms with Crippen LogP contribution in [0.25, 0.3) is 38.5 Å². The van der Waals surface area contributed by atoms with Gasteiger partial charge in [0.15, 0.2) is 5.82 Å². The number of aliphatic hydroxyl groups excluding tert-OH is 1. The van der Waals surface area contributed by atoms with Crippen LogP contribution in [0.4, 0.5) is 0 Å². The Morgan fingerprint density at radius 3 is 2.71 bits per heavy atom. The Kier molecular flexibility index (Phi) is 5.25. The van der Waals surface area contributed by atoms with Gasteiger partial charge in [-0.2, -0.15) is 5.10 Å². The van der Waals surface area contributed by atoms with E-state index in [9.17, 15) is 5.11 Å². The zero-order valence-corrected chi connectivity index (χ0v) is 17.5. The van der Waals surface area contributed by atoms with Crippen molar-refractivity contribution in [3.63, 3.8) is 0 Å². The van der Waals surface area contributed by atoms with Crippen LogP contribution in [0.2, 0.25) is 0 Å². The van der Waals surface area contributed by atoms with Crippen LogP contribution < -0.4 is 5.73 Å². The second-order valence-electron chi connectivity index (χ2n) is 7.05. The Balaban J connectivity index is 1.74. The van der Waals surface area contributed by atoms with E-state index in [2.05, 4.69) is 27.2 Å². The molecule has 0 radical (unpaired) electrons. The summed E-state index contributed by atoms with van der Waals surface area (Å²) in [6, 6.07) is 15.7. The van der Waals surface area contributed by atoms with Gasteiger partial charge in [0.25, 0.3) is 0 Å². The molecular formula is C23H20N6OS. The van der Waals surface area contributed by atoms with Crippen LogP contribution in [0.3, 0.4) is 0 Å². The van der Waals surface area contributed by atoms with Gasteiger partial charge in [0, 0.05) is 40.2 Å². The number of pyridine rings is 2. The van der Waals surface area contributed by atoms with Crippen molar-refractivity contribution in [2.24, 2.45) is 5.73 Å². The molecule has 0 saturated carbocycles. The minimum Gasteiger partial charge on any atom is -0.390 e. The van der Waals surface area contributed by atoms with Crippen molar-refractivity contribution >= 4 is 22.2 Å². The molecule has 0 saturated heterocycles. The highest BCUT2D eigenvalue weighted by molar-refractivity contribution is 7.13. The first-order valence-corrected chi connectivity index (χ1v) is 10.8. The molecule has 0 amide bonds. The molecule has 1 aromatic carbocycles. The lowest BCUT2D eigenvalue weighted by molar-refractivity contribution is 0.276. The van der Waals surface area contributed by atoms with Crippen molar-refractivity contribution in [1.29, 1.82) is 0 Å². The molecule has 0 fully saturated rings. The van der Waals surface area contributed by atoms with Crippen LogP contribution in [0, 0.1) is 0 Å². The summed E-state index contributed by atoms with van der Waals surface area (Å²) in [4.78, 5) is 13.8. The van der Waals surface area contributed by atoms with Crippen molar-refractivity contribution in [3.05, 3.63) is 77.7 Å². The Labute approximate surface area is 182 Å². The fourth-order valence-corrected chi connectivity index (χ4v) is 4.26. The second-order valence-corrected chi connectivity index (χ2v) is 7.94. The third-order valence-corrected chi connectivity index (χ3v) is 5.83. The van der Waals surface area contributed by atoms with E-state index in [1.807, 2.05) is 41.9 Å². The topological polar surface area (TPSA) is 103 Å². The molecular weight excluding hydrogens is 408 g/mol. The van der Waals surface area contributed by atoms with Crippen molar-refractivity contribution in [2.75, 3.05) is 6.54 Å². The fourth-order valence-electron chi connectivity index (χ4n) is 3.59. The summed E-state index contributed by atoms with van der Waals surface area (Å²) in [6.45, 7) is 0.431. The normalized spacial score (nSPS) is 11.3. The van der Waals surface area contributed by atoms with Crippen LogP contribution in [-0.2, 0) is 13.0 Å². The second kappa shape index (κ2) is 8.35. The van der Waals surface area contributed by atoms with Gasteiger partial charge in [-0.05, 0) is 42.9 Å². The molecule has 0 aliphatic carbocycles. The summed E-state index contributed by atoms with van der Waals surface area (Å²) in [7, 11) is 0. The van der Waals surface area contributed by atoms with Crippen LogP contribution >= 0.6 is 11.3 Å². The maximum atomic E-state index is 9.49. The zero-order valence-electron chi connectivity index (χ0n) is 16.6. The summed E-state index contributed by atoms with van der Waals surface area (Å²) in [6.07, 6.45) is 4.36. The molecule has 154 valence electrons. The van der Waals surface area contributed by atoms with Crippen molar-refractivity contribution in [1.82, 2.24) is 24.7 Å². The van der Waals surface area contributed by atoms with Gasteiger partial charge in [0.1, 0.15) is 5.01 Å². The van der Waals surface area contributed by atoms with E-state index in [0.717, 1.165) is 44.8 Å². The third kappa shape index (κ3) is 3.72. The first kappa shape index (κ1) is 19.5. The van der Waals surface area contributed by atoms with E-state index < -0.39 is 0 Å². The minimum absolute atomic E-state index is 0.124. The minimum atomic E-state index is -0.124. The van der Waals surface area contributed by atoms with Gasteiger partial charge in [-0.3, -0.25) is 4.98 Å². The number of rotatable bonds is 6. The van der Waals surface area contributed by atoms with Gasteiger partial charge in [-0.15, -0.1) is 11.3 Å². The number of aliphatic hydroxyl groups is 1. The number of fused-ring (bicyclic) bond motifs is 1. The SMILES string of the molecule is NCCc1cccc(-c2cc(-c3nccs3)c3cnn(-c4cccc(CO)n4)c3c2)n1. The Morgan fingerprint density at radius 2 is 1.90 bits per heavy atom. The Morgan fingerprint density at radius 1 is 1.03 bits per heavy atom. The number of hydrogen-bond donors (Lipinski definition) is 2. The number of aromatic nitrogens is 5. The predicted octanol–water partition coefficient (Wildman–Crippen LogP) is 3.60. The molecule has 0 unspecified atom stereocenters. The maximum Gasteiger partial charge on any atom is 0.154 e. The smallest absolute Gasteiger partial charge is 0.154 e. The first-order chi connectivity index (χ1) is 15.3. The summed E-state index contributed by atoms with van der Waals surface area (Å²) in [5, 5.41) is 18.0. The zero-order chi connectivity index (χ0) is 21.2. The van der Waals surface area contributed by atoms with Crippen LogP contribution in [0.5, 0.6) is 0 Å². The van der Waals surface area contributed by atoms with Gasteiger partial charge in [0.05, 0.1) is 29.7 Å². The quantitative estimate of drug-likeness (QED) is 0.428. The molecule has 0 aliphatic rings. The fraction of sp³-hybridized carbons (Fsp3) is 0.130. The van der Waals surface area contributed by atoms with E-state index in [4.69, 9.17) is 10.7 Å². The third-order valence-electron chi connectivity index (χ3n) is 5.03. The summed E-state index contributed by atoms with van der Waals surface area (Å²) >= 11 is 1.58. The number of benzene rings is 1. The summed E-state index contributed by atoms with van der Waals surface area (Å²) in [5.41, 5.74) is 11.0.